The molecule has 0 saturated carbocycles. The third-order valence-corrected chi connectivity index (χ3v) is 3.74. The third kappa shape index (κ3) is 12.2. The second kappa shape index (κ2) is 12.4. The van der Waals surface area contributed by atoms with Crippen LogP contribution >= 0.6 is 11.8 Å². The maximum Gasteiger partial charge on any atom is 0.0129 e. The molecular formula is C13H29NS. The Labute approximate surface area is 101 Å². The van der Waals surface area contributed by atoms with E-state index in [-0.39, 0.29) is 0 Å². The van der Waals surface area contributed by atoms with E-state index in [1.807, 2.05) is 11.8 Å². The van der Waals surface area contributed by atoms with Gasteiger partial charge in [-0.15, -0.1) is 0 Å². The van der Waals surface area contributed by atoms with E-state index in [1.165, 1.54) is 56.6 Å². The molecule has 1 N–H and O–H groups in total. The first-order valence-corrected chi connectivity index (χ1v) is 7.77. The standard InChI is InChI=1S/C13H29NS/c1-4-6-7-8-9-10-11-14-13(3)12-15-5-2/h13-14H,4-12H2,1-3H3. The van der Waals surface area contributed by atoms with Crippen molar-refractivity contribution in [2.75, 3.05) is 18.1 Å². The molecule has 92 valence electrons. The first-order valence-electron chi connectivity index (χ1n) is 6.62. The molecule has 1 unspecified atom stereocenters. The van der Waals surface area contributed by atoms with E-state index in [2.05, 4.69) is 26.1 Å². The zero-order valence-electron chi connectivity index (χ0n) is 10.8. The van der Waals surface area contributed by atoms with Crippen LogP contribution in [-0.2, 0) is 0 Å². The van der Waals surface area contributed by atoms with Crippen LogP contribution in [0.15, 0.2) is 0 Å². The number of unbranched alkanes of at least 4 members (excludes halogenated alkanes) is 5. The maximum atomic E-state index is 3.59. The van der Waals surface area contributed by atoms with E-state index in [1.54, 1.807) is 0 Å². The van der Waals surface area contributed by atoms with Gasteiger partial charge in [-0.05, 0) is 25.6 Å². The van der Waals surface area contributed by atoms with Crippen LogP contribution < -0.4 is 5.32 Å². The van der Waals surface area contributed by atoms with Gasteiger partial charge < -0.3 is 5.32 Å². The summed E-state index contributed by atoms with van der Waals surface area (Å²) in [7, 11) is 0. The van der Waals surface area contributed by atoms with Crippen molar-refractivity contribution >= 4 is 11.8 Å². The minimum absolute atomic E-state index is 0.686. The molecule has 0 rings (SSSR count). The lowest BCUT2D eigenvalue weighted by Gasteiger charge is -2.12. The summed E-state index contributed by atoms with van der Waals surface area (Å²) in [5, 5.41) is 3.59. The molecule has 0 radical (unpaired) electrons. The minimum atomic E-state index is 0.686. The predicted octanol–water partition coefficient (Wildman–Crippen LogP) is 4.08. The second-order valence-electron chi connectivity index (χ2n) is 4.28. The molecule has 0 aliphatic rings. The van der Waals surface area contributed by atoms with Gasteiger partial charge in [0.15, 0.2) is 0 Å². The van der Waals surface area contributed by atoms with E-state index in [0.717, 1.165) is 0 Å². The molecule has 0 aliphatic carbocycles. The maximum absolute atomic E-state index is 3.59. The quantitative estimate of drug-likeness (QED) is 0.538. The number of nitrogens with one attached hydrogen (secondary N) is 1. The Hall–Kier alpha value is 0.310. The molecule has 0 amide bonds. The Kier molecular flexibility index (Phi) is 12.6. The van der Waals surface area contributed by atoms with Crippen molar-refractivity contribution in [1.29, 1.82) is 0 Å². The topological polar surface area (TPSA) is 12.0 Å². The van der Waals surface area contributed by atoms with Gasteiger partial charge in [0, 0.05) is 11.8 Å². The van der Waals surface area contributed by atoms with Crippen LogP contribution in [0.1, 0.15) is 59.3 Å². The Bertz CT molecular complexity index is 117. The second-order valence-corrected chi connectivity index (χ2v) is 5.60. The summed E-state index contributed by atoms with van der Waals surface area (Å²) >= 11 is 2.03. The summed E-state index contributed by atoms with van der Waals surface area (Å²) in [6.45, 7) is 8.00. The molecule has 0 aromatic heterocycles. The zero-order chi connectivity index (χ0) is 11.4. The lowest BCUT2D eigenvalue weighted by Crippen LogP contribution is -2.29. The van der Waals surface area contributed by atoms with E-state index in [4.69, 9.17) is 0 Å². The molecule has 1 atom stereocenters. The van der Waals surface area contributed by atoms with E-state index in [9.17, 15) is 0 Å². The van der Waals surface area contributed by atoms with Gasteiger partial charge in [-0.1, -0.05) is 46.0 Å². The normalized spacial score (nSPS) is 13.0. The number of rotatable bonds is 11. The molecule has 0 heterocycles. The van der Waals surface area contributed by atoms with Gasteiger partial charge in [-0.3, -0.25) is 0 Å². The van der Waals surface area contributed by atoms with Crippen LogP contribution in [0.2, 0.25) is 0 Å². The molecule has 0 spiro atoms. The van der Waals surface area contributed by atoms with Gasteiger partial charge in [-0.2, -0.15) is 11.8 Å². The summed E-state index contributed by atoms with van der Waals surface area (Å²) in [5.41, 5.74) is 0. The highest BCUT2D eigenvalue weighted by molar-refractivity contribution is 7.99. The highest BCUT2D eigenvalue weighted by Gasteiger charge is 1.99. The fourth-order valence-electron chi connectivity index (χ4n) is 1.61. The van der Waals surface area contributed by atoms with Crippen molar-refractivity contribution in [2.24, 2.45) is 0 Å². The van der Waals surface area contributed by atoms with Gasteiger partial charge in [-0.25, -0.2) is 0 Å². The average Bonchev–Trinajstić information content (AvgIpc) is 2.25. The third-order valence-electron chi connectivity index (χ3n) is 2.60. The highest BCUT2D eigenvalue weighted by atomic mass is 32.2. The summed E-state index contributed by atoms with van der Waals surface area (Å²) < 4.78 is 0. The summed E-state index contributed by atoms with van der Waals surface area (Å²) in [5.74, 6) is 2.50. The van der Waals surface area contributed by atoms with Crippen LogP contribution in [0.3, 0.4) is 0 Å². The van der Waals surface area contributed by atoms with Crippen molar-refractivity contribution in [1.82, 2.24) is 5.32 Å². The molecule has 0 aromatic rings. The number of hydrogen-bond donors (Lipinski definition) is 1. The van der Waals surface area contributed by atoms with Crippen LogP contribution in [-0.4, -0.2) is 24.1 Å². The molecule has 1 nitrogen and oxygen atoms in total. The van der Waals surface area contributed by atoms with Gasteiger partial charge in [0.1, 0.15) is 0 Å². The summed E-state index contributed by atoms with van der Waals surface area (Å²) in [4.78, 5) is 0. The van der Waals surface area contributed by atoms with Gasteiger partial charge in [0.2, 0.25) is 0 Å². The minimum Gasteiger partial charge on any atom is -0.313 e. The molecule has 2 heteroatoms. The largest absolute Gasteiger partial charge is 0.313 e. The smallest absolute Gasteiger partial charge is 0.0129 e. The van der Waals surface area contributed by atoms with Crippen molar-refractivity contribution in [3.8, 4) is 0 Å². The molecule has 0 aliphatic heterocycles. The lowest BCUT2D eigenvalue weighted by molar-refractivity contribution is 0.539. The Balaban J connectivity index is 3.02. The van der Waals surface area contributed by atoms with E-state index in [0.29, 0.717) is 6.04 Å². The van der Waals surface area contributed by atoms with Crippen LogP contribution in [0, 0.1) is 0 Å². The molecule has 15 heavy (non-hydrogen) atoms. The Morgan fingerprint density at radius 1 is 1.00 bits per heavy atom. The molecule has 0 bridgehead atoms. The van der Waals surface area contributed by atoms with Gasteiger partial charge >= 0.3 is 0 Å². The van der Waals surface area contributed by atoms with Crippen molar-refractivity contribution in [3.63, 3.8) is 0 Å². The molecule has 0 fully saturated rings. The van der Waals surface area contributed by atoms with Crippen molar-refractivity contribution < 1.29 is 0 Å². The van der Waals surface area contributed by atoms with Crippen LogP contribution in [0.4, 0.5) is 0 Å². The Morgan fingerprint density at radius 2 is 1.67 bits per heavy atom. The number of hydrogen-bond acceptors (Lipinski definition) is 2. The summed E-state index contributed by atoms with van der Waals surface area (Å²) in [6, 6.07) is 0.686. The predicted molar refractivity (Wildman–Crippen MR) is 73.8 cm³/mol. The van der Waals surface area contributed by atoms with Crippen LogP contribution in [0.25, 0.3) is 0 Å². The molecular weight excluding hydrogens is 202 g/mol. The number of thioether (sulfide) groups is 1. The van der Waals surface area contributed by atoms with Crippen LogP contribution in [0.5, 0.6) is 0 Å². The van der Waals surface area contributed by atoms with Crippen molar-refractivity contribution in [2.45, 2.75) is 65.3 Å². The molecule has 0 aromatic carbocycles. The molecule has 0 saturated heterocycles. The lowest BCUT2D eigenvalue weighted by atomic mass is 10.1. The fourth-order valence-corrected chi connectivity index (χ4v) is 2.31. The van der Waals surface area contributed by atoms with E-state index < -0.39 is 0 Å². The first-order chi connectivity index (χ1) is 7.31. The highest BCUT2D eigenvalue weighted by Crippen LogP contribution is 2.05. The van der Waals surface area contributed by atoms with E-state index >= 15 is 0 Å². The first kappa shape index (κ1) is 15.3. The fraction of sp³-hybridized carbons (Fsp3) is 1.00. The SMILES string of the molecule is CCCCCCCCNC(C)CSCC. The van der Waals surface area contributed by atoms with Gasteiger partial charge in [0.25, 0.3) is 0 Å². The summed E-state index contributed by atoms with van der Waals surface area (Å²) in [6.07, 6.45) is 8.37. The van der Waals surface area contributed by atoms with Crippen molar-refractivity contribution in [3.05, 3.63) is 0 Å². The Morgan fingerprint density at radius 3 is 2.33 bits per heavy atom. The average molecular weight is 231 g/mol. The monoisotopic (exact) mass is 231 g/mol. The zero-order valence-corrected chi connectivity index (χ0v) is 11.7. The van der Waals surface area contributed by atoms with Gasteiger partial charge in [0.05, 0.1) is 0 Å².